The van der Waals surface area contributed by atoms with Crippen LogP contribution in [0.1, 0.15) is 32.1 Å². The van der Waals surface area contributed by atoms with E-state index < -0.39 is 0 Å². The van der Waals surface area contributed by atoms with E-state index in [0.29, 0.717) is 11.7 Å². The Morgan fingerprint density at radius 3 is 3.08 bits per heavy atom. The Bertz CT molecular complexity index is 144. The third-order valence-electron chi connectivity index (χ3n) is 2.10. The molecule has 0 saturated carbocycles. The summed E-state index contributed by atoms with van der Waals surface area (Å²) in [5, 5.41) is 0.496. The number of nitrogens with two attached hydrogens (primary N) is 1. The van der Waals surface area contributed by atoms with Gasteiger partial charge in [0.15, 0.2) is 0 Å². The summed E-state index contributed by atoms with van der Waals surface area (Å²) in [5.41, 5.74) is 2.18. The molecule has 3 N–H and O–H groups in total. The summed E-state index contributed by atoms with van der Waals surface area (Å²) in [6.45, 7) is 0. The lowest BCUT2D eigenvalue weighted by Gasteiger charge is -2.11. The molecule has 0 aromatic carbocycles. The van der Waals surface area contributed by atoms with Crippen LogP contribution in [0, 0.1) is 0 Å². The number of amides is 1. The van der Waals surface area contributed by atoms with Gasteiger partial charge in [-0.15, -0.1) is 0 Å². The van der Waals surface area contributed by atoms with Crippen LogP contribution in [0.4, 0.5) is 0 Å². The van der Waals surface area contributed by atoms with Gasteiger partial charge in [0.25, 0.3) is 0 Å². The maximum atomic E-state index is 10.9. The number of hydrogen-bond acceptors (Lipinski definition) is 3. The van der Waals surface area contributed by atoms with Gasteiger partial charge in [-0.2, -0.15) is 11.8 Å². The summed E-state index contributed by atoms with van der Waals surface area (Å²) in [7, 11) is 0. The molecule has 0 aromatic heterocycles. The fourth-order valence-electron chi connectivity index (χ4n) is 1.41. The predicted molar refractivity (Wildman–Crippen MR) is 51.7 cm³/mol. The topological polar surface area (TPSA) is 55.1 Å². The molecule has 0 spiro atoms. The molecule has 0 radical (unpaired) electrons. The molecule has 1 atom stereocenters. The number of hydrogen-bond donors (Lipinski definition) is 2. The van der Waals surface area contributed by atoms with E-state index in [1.165, 1.54) is 25.0 Å². The van der Waals surface area contributed by atoms with Gasteiger partial charge in [-0.1, -0.05) is 12.8 Å². The normalized spacial score (nSPS) is 24.6. The van der Waals surface area contributed by atoms with Crippen LogP contribution in [0.5, 0.6) is 0 Å². The average Bonchev–Trinajstić information content (AvgIpc) is 2.33. The highest BCUT2D eigenvalue weighted by molar-refractivity contribution is 7.99. The molecule has 1 unspecified atom stereocenters. The van der Waals surface area contributed by atoms with Gasteiger partial charge in [-0.25, -0.2) is 5.84 Å². The zero-order valence-electron chi connectivity index (χ0n) is 7.21. The van der Waals surface area contributed by atoms with Crippen LogP contribution in [0.15, 0.2) is 0 Å². The zero-order chi connectivity index (χ0) is 8.81. The van der Waals surface area contributed by atoms with Crippen molar-refractivity contribution in [1.29, 1.82) is 0 Å². The van der Waals surface area contributed by atoms with Gasteiger partial charge in [0, 0.05) is 11.7 Å². The summed E-state index contributed by atoms with van der Waals surface area (Å²) in [6.07, 6.45) is 5.62. The Labute approximate surface area is 77.4 Å². The molecule has 1 aliphatic rings. The number of carbonyl (C=O) groups excluding carboxylic acids is 1. The first-order valence-corrected chi connectivity index (χ1v) is 5.49. The first-order chi connectivity index (χ1) is 5.83. The van der Waals surface area contributed by atoms with E-state index in [9.17, 15) is 4.79 Å². The molecular weight excluding hydrogens is 172 g/mol. The van der Waals surface area contributed by atoms with E-state index in [0.717, 1.165) is 6.42 Å². The molecule has 1 amide bonds. The van der Waals surface area contributed by atoms with Crippen molar-refractivity contribution in [3.63, 3.8) is 0 Å². The first kappa shape index (κ1) is 9.86. The Morgan fingerprint density at radius 1 is 1.50 bits per heavy atom. The van der Waals surface area contributed by atoms with Crippen molar-refractivity contribution in [2.75, 3.05) is 5.75 Å². The van der Waals surface area contributed by atoms with E-state index in [1.54, 1.807) is 0 Å². The van der Waals surface area contributed by atoms with Crippen molar-refractivity contribution < 1.29 is 4.79 Å². The molecule has 3 nitrogen and oxygen atoms in total. The quantitative estimate of drug-likeness (QED) is 0.387. The largest absolute Gasteiger partial charge is 0.294 e. The minimum Gasteiger partial charge on any atom is -0.294 e. The molecular formula is C8H16N2OS. The lowest BCUT2D eigenvalue weighted by molar-refractivity contribution is -0.121. The highest BCUT2D eigenvalue weighted by Gasteiger charge is 2.15. The fourth-order valence-corrected chi connectivity index (χ4v) is 2.72. The Morgan fingerprint density at radius 2 is 2.33 bits per heavy atom. The van der Waals surface area contributed by atoms with Crippen LogP contribution in [0.25, 0.3) is 0 Å². The molecule has 1 aliphatic heterocycles. The van der Waals surface area contributed by atoms with E-state index in [-0.39, 0.29) is 5.91 Å². The standard InChI is InChI=1S/C8H16N2OS/c9-10-8(11)6-7-4-2-1-3-5-12-7/h7H,1-6,9H2,(H,10,11). The Hall–Kier alpha value is -0.220. The van der Waals surface area contributed by atoms with Crippen molar-refractivity contribution in [3.8, 4) is 0 Å². The highest BCUT2D eigenvalue weighted by atomic mass is 32.2. The lowest BCUT2D eigenvalue weighted by atomic mass is 10.1. The van der Waals surface area contributed by atoms with Crippen LogP contribution in [-0.2, 0) is 4.79 Å². The van der Waals surface area contributed by atoms with Gasteiger partial charge < -0.3 is 0 Å². The van der Waals surface area contributed by atoms with Gasteiger partial charge in [0.05, 0.1) is 0 Å². The first-order valence-electron chi connectivity index (χ1n) is 4.44. The van der Waals surface area contributed by atoms with Crippen molar-refractivity contribution in [2.24, 2.45) is 5.84 Å². The molecule has 0 aliphatic carbocycles. The maximum Gasteiger partial charge on any atom is 0.234 e. The molecule has 12 heavy (non-hydrogen) atoms. The van der Waals surface area contributed by atoms with E-state index in [4.69, 9.17) is 5.84 Å². The van der Waals surface area contributed by atoms with Crippen molar-refractivity contribution >= 4 is 17.7 Å². The molecule has 0 aromatic rings. The minimum atomic E-state index is -0.0330. The van der Waals surface area contributed by atoms with E-state index in [2.05, 4.69) is 5.43 Å². The molecule has 0 bridgehead atoms. The minimum absolute atomic E-state index is 0.0330. The summed E-state index contributed by atoms with van der Waals surface area (Å²) in [5.74, 6) is 6.18. The van der Waals surface area contributed by atoms with Crippen LogP contribution < -0.4 is 11.3 Å². The summed E-state index contributed by atoms with van der Waals surface area (Å²) in [4.78, 5) is 10.9. The zero-order valence-corrected chi connectivity index (χ0v) is 8.03. The van der Waals surface area contributed by atoms with Crippen molar-refractivity contribution in [3.05, 3.63) is 0 Å². The van der Waals surface area contributed by atoms with Crippen LogP contribution >= 0.6 is 11.8 Å². The number of nitrogens with one attached hydrogen (secondary N) is 1. The average molecular weight is 188 g/mol. The third kappa shape index (κ3) is 3.45. The molecule has 70 valence electrons. The number of thioether (sulfide) groups is 1. The molecule has 1 fully saturated rings. The predicted octanol–water partition coefficient (Wildman–Crippen LogP) is 1.04. The Balaban J connectivity index is 2.24. The van der Waals surface area contributed by atoms with Gasteiger partial charge in [0.1, 0.15) is 0 Å². The smallest absolute Gasteiger partial charge is 0.234 e. The molecule has 1 heterocycles. The molecule has 4 heteroatoms. The second kappa shape index (κ2) is 5.43. The SMILES string of the molecule is NNC(=O)CC1CCCCCS1. The van der Waals surface area contributed by atoms with Gasteiger partial charge >= 0.3 is 0 Å². The van der Waals surface area contributed by atoms with Crippen LogP contribution in [0.2, 0.25) is 0 Å². The lowest BCUT2D eigenvalue weighted by Crippen LogP contribution is -2.32. The number of hydrazine groups is 1. The third-order valence-corrected chi connectivity index (χ3v) is 3.50. The van der Waals surface area contributed by atoms with Crippen molar-refractivity contribution in [2.45, 2.75) is 37.4 Å². The van der Waals surface area contributed by atoms with Gasteiger partial charge in [0.2, 0.25) is 5.91 Å². The van der Waals surface area contributed by atoms with Gasteiger partial charge in [-0.05, 0) is 18.6 Å². The highest BCUT2D eigenvalue weighted by Crippen LogP contribution is 2.26. The van der Waals surface area contributed by atoms with Crippen molar-refractivity contribution in [1.82, 2.24) is 5.43 Å². The number of carbonyl (C=O) groups is 1. The maximum absolute atomic E-state index is 10.9. The number of rotatable bonds is 2. The van der Waals surface area contributed by atoms with Crippen LogP contribution in [-0.4, -0.2) is 16.9 Å². The fraction of sp³-hybridized carbons (Fsp3) is 0.875. The van der Waals surface area contributed by atoms with E-state index in [1.807, 2.05) is 11.8 Å². The summed E-state index contributed by atoms with van der Waals surface area (Å²) < 4.78 is 0. The van der Waals surface area contributed by atoms with E-state index >= 15 is 0 Å². The Kier molecular flexibility index (Phi) is 4.46. The summed E-state index contributed by atoms with van der Waals surface area (Å²) in [6, 6.07) is 0. The molecule has 1 rings (SSSR count). The van der Waals surface area contributed by atoms with Crippen LogP contribution in [0.3, 0.4) is 0 Å². The van der Waals surface area contributed by atoms with Gasteiger partial charge in [-0.3, -0.25) is 10.2 Å². The molecule has 1 saturated heterocycles. The second-order valence-electron chi connectivity index (χ2n) is 3.11. The summed E-state index contributed by atoms with van der Waals surface area (Å²) >= 11 is 1.91. The monoisotopic (exact) mass is 188 g/mol. The second-order valence-corrected chi connectivity index (χ2v) is 4.52.